The maximum absolute atomic E-state index is 13.5. The van der Waals surface area contributed by atoms with Crippen molar-refractivity contribution in [2.24, 2.45) is 0 Å². The smallest absolute Gasteiger partial charge is 0.244 e. The summed E-state index contributed by atoms with van der Waals surface area (Å²) in [5, 5.41) is 2.85. The first-order valence-corrected chi connectivity index (χ1v) is 13.3. The van der Waals surface area contributed by atoms with Crippen LogP contribution in [0.2, 0.25) is 0 Å². The zero-order chi connectivity index (χ0) is 26.0. The molecule has 0 aliphatic heterocycles. The minimum Gasteiger partial charge on any atom is -0.493 e. The average Bonchev–Trinajstić information content (AvgIpc) is 2.84. The molecule has 0 heterocycles. The SMILES string of the molecule is CCCCNC(=O)C(C)N(Cc1ccccc1)C(=O)CN(c1ccc(OC)c(OC)c1)S(C)(=O)=O. The molecular weight excluding hydrogens is 470 g/mol. The zero-order valence-corrected chi connectivity index (χ0v) is 21.8. The Kier molecular flexibility index (Phi) is 10.4. The molecule has 0 saturated heterocycles. The Labute approximate surface area is 208 Å². The molecule has 0 aliphatic rings. The summed E-state index contributed by atoms with van der Waals surface area (Å²) >= 11 is 0. The molecule has 9 nitrogen and oxygen atoms in total. The number of unbranched alkanes of at least 4 members (excludes halogenated alkanes) is 1. The molecule has 2 amide bonds. The van der Waals surface area contributed by atoms with Crippen LogP contribution in [0.25, 0.3) is 0 Å². The monoisotopic (exact) mass is 505 g/mol. The largest absolute Gasteiger partial charge is 0.493 e. The van der Waals surface area contributed by atoms with Crippen LogP contribution in [-0.2, 0) is 26.2 Å². The Bertz CT molecular complexity index is 1090. The van der Waals surface area contributed by atoms with Crippen molar-refractivity contribution >= 4 is 27.5 Å². The molecule has 0 radical (unpaired) electrons. The number of sulfonamides is 1. The first-order chi connectivity index (χ1) is 16.6. The third kappa shape index (κ3) is 7.88. The molecule has 35 heavy (non-hydrogen) atoms. The van der Waals surface area contributed by atoms with Gasteiger partial charge in [-0.15, -0.1) is 0 Å². The maximum atomic E-state index is 13.5. The lowest BCUT2D eigenvalue weighted by molar-refractivity contribution is -0.139. The molecule has 0 aromatic heterocycles. The van der Waals surface area contributed by atoms with Crippen molar-refractivity contribution in [2.75, 3.05) is 37.9 Å². The van der Waals surface area contributed by atoms with E-state index < -0.39 is 28.5 Å². The van der Waals surface area contributed by atoms with Crippen molar-refractivity contribution in [3.8, 4) is 11.5 Å². The number of methoxy groups -OCH3 is 2. The summed E-state index contributed by atoms with van der Waals surface area (Å²) in [6.07, 6.45) is 2.78. The van der Waals surface area contributed by atoms with Crippen molar-refractivity contribution in [3.63, 3.8) is 0 Å². The topological polar surface area (TPSA) is 105 Å². The van der Waals surface area contributed by atoms with Gasteiger partial charge < -0.3 is 19.7 Å². The zero-order valence-electron chi connectivity index (χ0n) is 21.0. The number of rotatable bonds is 13. The molecule has 0 aliphatic carbocycles. The van der Waals surface area contributed by atoms with Gasteiger partial charge in [-0.25, -0.2) is 8.42 Å². The number of benzene rings is 2. The number of hydrogen-bond acceptors (Lipinski definition) is 6. The molecule has 10 heteroatoms. The number of nitrogens with one attached hydrogen (secondary N) is 1. The van der Waals surface area contributed by atoms with Crippen LogP contribution >= 0.6 is 0 Å². The van der Waals surface area contributed by atoms with Crippen LogP contribution in [0, 0.1) is 0 Å². The lowest BCUT2D eigenvalue weighted by Crippen LogP contribution is -2.51. The number of ether oxygens (including phenoxy) is 2. The number of anilines is 1. The number of nitrogens with zero attached hydrogens (tertiary/aromatic N) is 2. The Hall–Kier alpha value is -3.27. The highest BCUT2D eigenvalue weighted by Crippen LogP contribution is 2.32. The molecule has 0 bridgehead atoms. The second-order valence-electron chi connectivity index (χ2n) is 8.14. The van der Waals surface area contributed by atoms with Gasteiger partial charge in [-0.1, -0.05) is 43.7 Å². The molecule has 1 N–H and O–H groups in total. The average molecular weight is 506 g/mol. The number of hydrogen-bond donors (Lipinski definition) is 1. The van der Waals surface area contributed by atoms with Crippen LogP contribution in [0.5, 0.6) is 11.5 Å². The maximum Gasteiger partial charge on any atom is 0.244 e. The second kappa shape index (κ2) is 13.0. The summed E-state index contributed by atoms with van der Waals surface area (Å²) in [4.78, 5) is 27.7. The van der Waals surface area contributed by atoms with Crippen LogP contribution in [0.3, 0.4) is 0 Å². The molecule has 192 valence electrons. The molecular formula is C25H35N3O6S. The van der Waals surface area contributed by atoms with Crippen LogP contribution in [0.4, 0.5) is 5.69 Å². The van der Waals surface area contributed by atoms with Crippen molar-refractivity contribution in [3.05, 3.63) is 54.1 Å². The van der Waals surface area contributed by atoms with Crippen LogP contribution in [0.1, 0.15) is 32.3 Å². The summed E-state index contributed by atoms with van der Waals surface area (Å²) in [5.74, 6) is -0.0398. The van der Waals surface area contributed by atoms with Crippen molar-refractivity contribution < 1.29 is 27.5 Å². The third-order valence-corrected chi connectivity index (χ3v) is 6.67. The highest BCUT2D eigenvalue weighted by Gasteiger charge is 2.30. The molecule has 0 spiro atoms. The number of carbonyl (C=O) groups is 2. The summed E-state index contributed by atoms with van der Waals surface area (Å²) < 4.78 is 36.9. The summed E-state index contributed by atoms with van der Waals surface area (Å²) in [6.45, 7) is 3.85. The van der Waals surface area contributed by atoms with E-state index in [1.807, 2.05) is 37.3 Å². The fourth-order valence-electron chi connectivity index (χ4n) is 3.49. The minimum atomic E-state index is -3.84. The molecule has 1 unspecified atom stereocenters. The Morgan fingerprint density at radius 2 is 1.69 bits per heavy atom. The molecule has 2 aromatic rings. The molecule has 1 atom stereocenters. The van der Waals surface area contributed by atoms with Crippen LogP contribution < -0.4 is 19.1 Å². The molecule has 2 rings (SSSR count). The van der Waals surface area contributed by atoms with Crippen LogP contribution in [0.15, 0.2) is 48.5 Å². The summed E-state index contributed by atoms with van der Waals surface area (Å²) in [6, 6.07) is 13.1. The van der Waals surface area contributed by atoms with Gasteiger partial charge in [0.1, 0.15) is 12.6 Å². The fraction of sp³-hybridized carbons (Fsp3) is 0.440. The Morgan fingerprint density at radius 1 is 1.03 bits per heavy atom. The first kappa shape index (κ1) is 28.0. The molecule has 2 aromatic carbocycles. The summed E-state index contributed by atoms with van der Waals surface area (Å²) in [5.41, 5.74) is 1.07. The van der Waals surface area contributed by atoms with Gasteiger partial charge in [0.25, 0.3) is 0 Å². The van der Waals surface area contributed by atoms with Gasteiger partial charge in [-0.2, -0.15) is 0 Å². The van der Waals surface area contributed by atoms with Gasteiger partial charge in [0.15, 0.2) is 11.5 Å². The van der Waals surface area contributed by atoms with Gasteiger partial charge >= 0.3 is 0 Å². The normalized spacial score (nSPS) is 11.9. The lowest BCUT2D eigenvalue weighted by atomic mass is 10.1. The van der Waals surface area contributed by atoms with Crippen molar-refractivity contribution in [1.82, 2.24) is 10.2 Å². The van der Waals surface area contributed by atoms with Crippen molar-refractivity contribution in [2.45, 2.75) is 39.3 Å². The van der Waals surface area contributed by atoms with Gasteiger partial charge in [-0.05, 0) is 31.0 Å². The molecule has 0 fully saturated rings. The predicted octanol–water partition coefficient (Wildman–Crippen LogP) is 2.80. The van der Waals surface area contributed by atoms with Gasteiger partial charge in [-0.3, -0.25) is 13.9 Å². The van der Waals surface area contributed by atoms with E-state index in [2.05, 4.69) is 5.32 Å². The quantitative estimate of drug-likeness (QED) is 0.420. The second-order valence-corrected chi connectivity index (χ2v) is 10.0. The Balaban J connectivity index is 2.37. The third-order valence-electron chi connectivity index (χ3n) is 5.53. The van der Waals surface area contributed by atoms with Crippen LogP contribution in [-0.4, -0.2) is 64.7 Å². The highest BCUT2D eigenvalue weighted by atomic mass is 32.2. The Morgan fingerprint density at radius 3 is 2.26 bits per heavy atom. The van der Waals surface area contributed by atoms with Gasteiger partial charge in [0, 0.05) is 19.2 Å². The van der Waals surface area contributed by atoms with E-state index in [4.69, 9.17) is 9.47 Å². The number of carbonyl (C=O) groups excluding carboxylic acids is 2. The van der Waals surface area contributed by atoms with E-state index in [9.17, 15) is 18.0 Å². The molecule has 0 saturated carbocycles. The lowest BCUT2D eigenvalue weighted by Gasteiger charge is -2.31. The van der Waals surface area contributed by atoms with E-state index in [0.29, 0.717) is 18.0 Å². The van der Waals surface area contributed by atoms with E-state index in [1.54, 1.807) is 13.0 Å². The standard InChI is InChI=1S/C25H35N3O6S/c1-6-7-15-26-25(30)19(2)27(17-20-11-9-8-10-12-20)24(29)18-28(35(5,31)32)21-13-14-22(33-3)23(16-21)34-4/h8-14,16,19H,6-7,15,17-18H2,1-5H3,(H,26,30). The van der Waals surface area contributed by atoms with E-state index in [0.717, 1.165) is 29.0 Å². The van der Waals surface area contributed by atoms with E-state index in [-0.39, 0.29) is 18.1 Å². The minimum absolute atomic E-state index is 0.158. The first-order valence-electron chi connectivity index (χ1n) is 11.4. The number of amides is 2. The predicted molar refractivity (Wildman–Crippen MR) is 136 cm³/mol. The van der Waals surface area contributed by atoms with E-state index in [1.165, 1.54) is 31.3 Å². The van der Waals surface area contributed by atoms with E-state index >= 15 is 0 Å². The van der Waals surface area contributed by atoms with Gasteiger partial charge in [0.05, 0.1) is 26.2 Å². The fourth-order valence-corrected chi connectivity index (χ4v) is 4.33. The summed E-state index contributed by atoms with van der Waals surface area (Å²) in [7, 11) is -0.920. The highest BCUT2D eigenvalue weighted by molar-refractivity contribution is 7.92. The van der Waals surface area contributed by atoms with Crippen molar-refractivity contribution in [1.29, 1.82) is 0 Å². The van der Waals surface area contributed by atoms with Gasteiger partial charge in [0.2, 0.25) is 21.8 Å².